The van der Waals surface area contributed by atoms with Crippen molar-refractivity contribution in [1.29, 1.82) is 0 Å². The van der Waals surface area contributed by atoms with E-state index in [1.165, 1.54) is 42.8 Å². The molecule has 2 atom stereocenters. The minimum atomic E-state index is -4.01. The molecule has 1 saturated heterocycles. The number of carbonyl (C=O) groups is 1. The second-order valence-electron chi connectivity index (χ2n) is 10.3. The summed E-state index contributed by atoms with van der Waals surface area (Å²) >= 11 is 5.98. The SMILES string of the molecule is Cc1ccc(N(CC(=O)NC(C)c2ccc(N3CCCC(C)C3)cc2)S(=O)(=O)c2ccc(Cl)cc2)cc1C. The van der Waals surface area contributed by atoms with E-state index in [4.69, 9.17) is 11.6 Å². The largest absolute Gasteiger partial charge is 0.371 e. The number of nitrogens with zero attached hydrogens (tertiary/aromatic N) is 2. The zero-order valence-corrected chi connectivity index (χ0v) is 24.0. The number of rotatable bonds is 8. The number of nitrogens with one attached hydrogen (secondary N) is 1. The quantitative estimate of drug-likeness (QED) is 0.357. The number of benzene rings is 3. The van der Waals surface area contributed by atoms with Crippen LogP contribution in [0.3, 0.4) is 0 Å². The Hall–Kier alpha value is -3.03. The van der Waals surface area contributed by atoms with Crippen LogP contribution in [0.15, 0.2) is 71.6 Å². The maximum Gasteiger partial charge on any atom is 0.264 e. The Morgan fingerprint density at radius 2 is 1.74 bits per heavy atom. The molecule has 3 aromatic carbocycles. The van der Waals surface area contributed by atoms with Gasteiger partial charge in [0.15, 0.2) is 0 Å². The Kier molecular flexibility index (Phi) is 8.68. The molecule has 1 amide bonds. The third-order valence-corrected chi connectivity index (χ3v) is 9.30. The molecule has 0 saturated carbocycles. The number of anilines is 2. The number of carbonyl (C=O) groups excluding carboxylic acids is 1. The second kappa shape index (κ2) is 11.8. The molecule has 202 valence electrons. The van der Waals surface area contributed by atoms with Crippen molar-refractivity contribution < 1.29 is 13.2 Å². The number of hydrogen-bond donors (Lipinski definition) is 1. The van der Waals surface area contributed by atoms with E-state index in [9.17, 15) is 13.2 Å². The molecule has 1 N–H and O–H groups in total. The molecular weight excluding hydrogens is 518 g/mol. The van der Waals surface area contributed by atoms with Gasteiger partial charge in [-0.1, -0.05) is 36.7 Å². The van der Waals surface area contributed by atoms with Crippen molar-refractivity contribution in [3.05, 3.63) is 88.4 Å². The molecule has 1 aliphatic heterocycles. The van der Waals surface area contributed by atoms with E-state index in [0.717, 1.165) is 34.1 Å². The molecule has 4 rings (SSSR count). The van der Waals surface area contributed by atoms with Gasteiger partial charge in [-0.25, -0.2) is 8.42 Å². The average molecular weight is 554 g/mol. The molecule has 2 unspecified atom stereocenters. The Morgan fingerprint density at radius 1 is 1.05 bits per heavy atom. The van der Waals surface area contributed by atoms with Crippen LogP contribution in [0.5, 0.6) is 0 Å². The number of hydrogen-bond acceptors (Lipinski definition) is 4. The summed E-state index contributed by atoms with van der Waals surface area (Å²) in [4.78, 5) is 15.7. The molecule has 8 heteroatoms. The number of sulfonamides is 1. The third kappa shape index (κ3) is 6.51. The summed E-state index contributed by atoms with van der Waals surface area (Å²) in [6, 6.07) is 19.3. The van der Waals surface area contributed by atoms with Crippen LogP contribution in [0.2, 0.25) is 5.02 Å². The van der Waals surface area contributed by atoms with Gasteiger partial charge in [0.2, 0.25) is 5.91 Å². The number of amides is 1. The topological polar surface area (TPSA) is 69.7 Å². The summed E-state index contributed by atoms with van der Waals surface area (Å²) in [6.45, 7) is 9.84. The Labute approximate surface area is 231 Å². The van der Waals surface area contributed by atoms with E-state index in [0.29, 0.717) is 16.6 Å². The summed E-state index contributed by atoms with van der Waals surface area (Å²) in [5, 5.41) is 3.42. The highest BCUT2D eigenvalue weighted by atomic mass is 35.5. The fourth-order valence-corrected chi connectivity index (χ4v) is 6.37. The van der Waals surface area contributed by atoms with Crippen molar-refractivity contribution in [3.63, 3.8) is 0 Å². The van der Waals surface area contributed by atoms with Gasteiger partial charge in [0.25, 0.3) is 10.0 Å². The predicted octanol–water partition coefficient (Wildman–Crippen LogP) is 6.27. The van der Waals surface area contributed by atoms with Crippen LogP contribution in [0, 0.1) is 19.8 Å². The van der Waals surface area contributed by atoms with Crippen LogP contribution in [0.4, 0.5) is 11.4 Å². The first kappa shape index (κ1) is 28.0. The number of aryl methyl sites for hydroxylation is 2. The minimum Gasteiger partial charge on any atom is -0.371 e. The summed E-state index contributed by atoms with van der Waals surface area (Å²) in [6.07, 6.45) is 2.47. The van der Waals surface area contributed by atoms with Crippen molar-refractivity contribution in [2.24, 2.45) is 5.92 Å². The summed E-state index contributed by atoms with van der Waals surface area (Å²) < 4.78 is 28.4. The maximum atomic E-state index is 13.6. The summed E-state index contributed by atoms with van der Waals surface area (Å²) in [7, 11) is -4.01. The lowest BCUT2D eigenvalue weighted by molar-refractivity contribution is -0.120. The van der Waals surface area contributed by atoms with Gasteiger partial charge in [-0.2, -0.15) is 0 Å². The van der Waals surface area contributed by atoms with Gasteiger partial charge in [-0.15, -0.1) is 0 Å². The minimum absolute atomic E-state index is 0.0728. The molecular formula is C30H36ClN3O3S. The molecule has 6 nitrogen and oxygen atoms in total. The molecule has 3 aromatic rings. The zero-order chi connectivity index (χ0) is 27.4. The summed E-state index contributed by atoms with van der Waals surface area (Å²) in [5.74, 6) is 0.299. The molecule has 38 heavy (non-hydrogen) atoms. The molecule has 0 radical (unpaired) electrons. The second-order valence-corrected chi connectivity index (χ2v) is 12.6. The van der Waals surface area contributed by atoms with Gasteiger partial charge in [-0.05, 0) is 105 Å². The lowest BCUT2D eigenvalue weighted by atomic mass is 9.99. The van der Waals surface area contributed by atoms with Crippen molar-refractivity contribution in [2.45, 2.75) is 51.5 Å². The normalized spacial score (nSPS) is 16.7. The standard InChI is InChI=1S/C30H36ClN3O3S/c1-21-6-5-17-33(19-21)27-13-8-25(9-14-27)24(4)32-30(35)20-34(28-12-7-22(2)23(3)18-28)38(36,37)29-15-10-26(31)11-16-29/h7-16,18,21,24H,5-6,17,19-20H2,1-4H3,(H,32,35). The lowest BCUT2D eigenvalue weighted by Crippen LogP contribution is -2.41. The van der Waals surface area contributed by atoms with E-state index in [1.54, 1.807) is 12.1 Å². The fourth-order valence-electron chi connectivity index (χ4n) is 4.83. The predicted molar refractivity (Wildman–Crippen MR) is 156 cm³/mol. The Bertz CT molecular complexity index is 1370. The molecule has 0 aliphatic carbocycles. The average Bonchev–Trinajstić information content (AvgIpc) is 2.89. The van der Waals surface area contributed by atoms with E-state index >= 15 is 0 Å². The van der Waals surface area contributed by atoms with Crippen LogP contribution >= 0.6 is 11.6 Å². The lowest BCUT2D eigenvalue weighted by Gasteiger charge is -2.33. The van der Waals surface area contributed by atoms with Gasteiger partial charge >= 0.3 is 0 Å². The molecule has 1 aliphatic rings. The first-order valence-electron chi connectivity index (χ1n) is 13.0. The smallest absolute Gasteiger partial charge is 0.264 e. The van der Waals surface area contributed by atoms with Crippen molar-refractivity contribution in [3.8, 4) is 0 Å². The van der Waals surface area contributed by atoms with Gasteiger partial charge in [-0.3, -0.25) is 9.10 Å². The van der Waals surface area contributed by atoms with Gasteiger partial charge < -0.3 is 10.2 Å². The maximum absolute atomic E-state index is 13.6. The van der Waals surface area contributed by atoms with Gasteiger partial charge in [0.05, 0.1) is 16.6 Å². The monoisotopic (exact) mass is 553 g/mol. The van der Waals surface area contributed by atoms with E-state index in [1.807, 2.05) is 39.0 Å². The van der Waals surface area contributed by atoms with Crippen molar-refractivity contribution in [1.82, 2.24) is 5.32 Å². The molecule has 0 bridgehead atoms. The molecule has 1 fully saturated rings. The molecule has 1 heterocycles. The van der Waals surface area contributed by atoms with Crippen LogP contribution < -0.4 is 14.5 Å². The van der Waals surface area contributed by atoms with Crippen LogP contribution in [0.25, 0.3) is 0 Å². The first-order chi connectivity index (χ1) is 18.0. The van der Waals surface area contributed by atoms with Gasteiger partial charge in [0, 0.05) is 23.8 Å². The third-order valence-electron chi connectivity index (χ3n) is 7.26. The number of halogens is 1. The highest BCUT2D eigenvalue weighted by molar-refractivity contribution is 7.92. The molecule has 0 spiro atoms. The van der Waals surface area contributed by atoms with E-state index in [2.05, 4.69) is 29.3 Å². The van der Waals surface area contributed by atoms with E-state index in [-0.39, 0.29) is 23.4 Å². The van der Waals surface area contributed by atoms with Crippen LogP contribution in [-0.4, -0.2) is 34.0 Å². The highest BCUT2D eigenvalue weighted by Gasteiger charge is 2.28. The van der Waals surface area contributed by atoms with E-state index < -0.39 is 10.0 Å². The summed E-state index contributed by atoms with van der Waals surface area (Å²) in [5.41, 5.74) is 4.57. The first-order valence-corrected chi connectivity index (χ1v) is 14.9. The molecule has 0 aromatic heterocycles. The van der Waals surface area contributed by atoms with Crippen LogP contribution in [-0.2, 0) is 14.8 Å². The van der Waals surface area contributed by atoms with Crippen molar-refractivity contribution >= 4 is 38.9 Å². The fraction of sp³-hybridized carbons (Fsp3) is 0.367. The van der Waals surface area contributed by atoms with Gasteiger partial charge in [0.1, 0.15) is 6.54 Å². The Balaban J connectivity index is 1.52. The zero-order valence-electron chi connectivity index (χ0n) is 22.4. The highest BCUT2D eigenvalue weighted by Crippen LogP contribution is 2.28. The van der Waals surface area contributed by atoms with Crippen molar-refractivity contribution in [2.75, 3.05) is 28.8 Å². The number of piperidine rings is 1. The Morgan fingerprint density at radius 3 is 2.37 bits per heavy atom. The van der Waals surface area contributed by atoms with Crippen LogP contribution in [0.1, 0.15) is 49.4 Å².